The van der Waals surface area contributed by atoms with Crippen LogP contribution in [0, 0.1) is 0 Å². The van der Waals surface area contributed by atoms with Gasteiger partial charge in [0, 0.05) is 27.1 Å². The molecule has 2 amide bonds. The quantitative estimate of drug-likeness (QED) is 0.0504. The number of carbonyl (C=O) groups is 3. The first-order chi connectivity index (χ1) is 25.9. The Labute approximate surface area is 315 Å². The molecule has 1 aromatic carbocycles. The molecular formula is C36H58N2O16. The van der Waals surface area contributed by atoms with E-state index in [0.717, 1.165) is 31.2 Å². The molecule has 0 aromatic heterocycles. The van der Waals surface area contributed by atoms with E-state index >= 15 is 0 Å². The van der Waals surface area contributed by atoms with Gasteiger partial charge in [0.15, 0.2) is 12.6 Å². The number of benzene rings is 1. The number of hydrogen-bond donors (Lipinski definition) is 7. The smallest absolute Gasteiger partial charge is 0.328 e. The molecule has 2 saturated heterocycles. The van der Waals surface area contributed by atoms with Crippen LogP contribution >= 0.6 is 0 Å². The topological polar surface area (TPSA) is 250 Å². The predicted octanol–water partition coefficient (Wildman–Crippen LogP) is -1.31. The summed E-state index contributed by atoms with van der Waals surface area (Å²) in [7, 11) is 2.63. The van der Waals surface area contributed by atoms with Crippen molar-refractivity contribution in [1.82, 2.24) is 10.6 Å². The van der Waals surface area contributed by atoms with Gasteiger partial charge < -0.3 is 74.1 Å². The van der Waals surface area contributed by atoms with E-state index in [1.165, 1.54) is 14.2 Å². The van der Waals surface area contributed by atoms with Crippen LogP contribution in [0.5, 0.6) is 5.75 Å². The maximum atomic E-state index is 12.6. The summed E-state index contributed by atoms with van der Waals surface area (Å²) < 4.78 is 43.3. The second-order valence-corrected chi connectivity index (χ2v) is 13.1. The van der Waals surface area contributed by atoms with E-state index in [9.17, 15) is 39.9 Å². The Hall–Kier alpha value is -3.01. The lowest BCUT2D eigenvalue weighted by atomic mass is 9.98. The first-order valence-corrected chi connectivity index (χ1v) is 18.3. The van der Waals surface area contributed by atoms with Gasteiger partial charge in [-0.05, 0) is 31.0 Å². The molecule has 0 bridgehead atoms. The molecule has 1 aromatic rings. The van der Waals surface area contributed by atoms with Crippen molar-refractivity contribution in [2.75, 3.05) is 53.8 Å². The lowest BCUT2D eigenvalue weighted by molar-refractivity contribution is -0.331. The molecule has 2 aliphatic heterocycles. The number of rotatable bonds is 23. The van der Waals surface area contributed by atoms with E-state index in [4.69, 9.17) is 37.9 Å². The fourth-order valence-electron chi connectivity index (χ4n) is 5.93. The van der Waals surface area contributed by atoms with E-state index in [1.807, 2.05) is 0 Å². The second kappa shape index (κ2) is 23.8. The zero-order valence-corrected chi connectivity index (χ0v) is 31.4. The average Bonchev–Trinajstić information content (AvgIpc) is 3.16. The maximum Gasteiger partial charge on any atom is 0.328 e. The van der Waals surface area contributed by atoms with Crippen molar-refractivity contribution in [2.45, 2.75) is 120 Å². The molecule has 2 fully saturated rings. The van der Waals surface area contributed by atoms with Gasteiger partial charge in [0.2, 0.25) is 11.8 Å². The van der Waals surface area contributed by atoms with Crippen LogP contribution in [0.2, 0.25) is 0 Å². The number of methoxy groups -OCH3 is 2. The SMILES string of the molecule is CCCCCCC(=O)N[C@@H](Cc1ccc(OCCNC(=O)CO[C@@H]2C(O)[C@@H](OC)OC(CO[C@@H]3OC(COC)[C@@H](O)[C@H](O)C3O)[C@H]2O)cc1)C(=O)OCC. The standard InChI is InChI=1S/C36H58N2O16/c1-5-7-8-9-10-26(39)38-23(34(46)49-6-2)17-21-11-13-22(14-12-21)50-16-15-37-27(40)20-51-33-29(42)25(53-35(48-4)32(33)45)19-52-36-31(44)30(43)28(41)24(54-36)18-47-3/h11-14,23-25,28-33,35-36,41-45H,5-10,15-20H2,1-4H3,(H,37,40)(H,38,39)/t23-,24?,25?,28+,29+,30-,31?,32?,33-,35-,36+/m0/s1. The molecule has 7 N–H and O–H groups in total. The third kappa shape index (κ3) is 13.9. The van der Waals surface area contributed by atoms with Crippen molar-refractivity contribution in [3.63, 3.8) is 0 Å². The summed E-state index contributed by atoms with van der Waals surface area (Å²) in [6, 6.07) is 6.14. The summed E-state index contributed by atoms with van der Waals surface area (Å²) in [6.45, 7) is 3.15. The van der Waals surface area contributed by atoms with E-state index in [1.54, 1.807) is 31.2 Å². The Kier molecular flexibility index (Phi) is 20.0. The van der Waals surface area contributed by atoms with Gasteiger partial charge in [0.25, 0.3) is 0 Å². The summed E-state index contributed by atoms with van der Waals surface area (Å²) in [5.74, 6) is -0.748. The highest BCUT2D eigenvalue weighted by atomic mass is 16.7. The van der Waals surface area contributed by atoms with Crippen LogP contribution in [0.1, 0.15) is 51.5 Å². The molecule has 18 nitrogen and oxygen atoms in total. The van der Waals surface area contributed by atoms with E-state index < -0.39 is 92.5 Å². The molecule has 0 saturated carbocycles. The number of hydrogen-bond acceptors (Lipinski definition) is 16. The fraction of sp³-hybridized carbons (Fsp3) is 0.750. The lowest BCUT2D eigenvalue weighted by Gasteiger charge is -2.43. The van der Waals surface area contributed by atoms with E-state index in [-0.39, 0.29) is 38.7 Å². The highest BCUT2D eigenvalue weighted by Crippen LogP contribution is 2.27. The number of aliphatic hydroxyl groups excluding tert-OH is 5. The number of unbranched alkanes of at least 4 members (excludes halogenated alkanes) is 3. The molecule has 4 unspecified atom stereocenters. The van der Waals surface area contributed by atoms with Gasteiger partial charge in [0.05, 0.1) is 26.4 Å². The average molecular weight is 775 g/mol. The first kappa shape index (κ1) is 45.4. The van der Waals surface area contributed by atoms with Crippen LogP contribution < -0.4 is 15.4 Å². The molecule has 0 spiro atoms. The van der Waals surface area contributed by atoms with Crippen molar-refractivity contribution in [1.29, 1.82) is 0 Å². The summed E-state index contributed by atoms with van der Waals surface area (Å²) in [4.78, 5) is 37.5. The third-order valence-electron chi connectivity index (χ3n) is 8.93. The molecule has 11 atom stereocenters. The van der Waals surface area contributed by atoms with Gasteiger partial charge in [0.1, 0.15) is 73.8 Å². The van der Waals surface area contributed by atoms with Crippen LogP contribution in [0.25, 0.3) is 0 Å². The zero-order valence-electron chi connectivity index (χ0n) is 31.4. The monoisotopic (exact) mass is 774 g/mol. The van der Waals surface area contributed by atoms with Crippen molar-refractivity contribution in [3.05, 3.63) is 29.8 Å². The number of ether oxygens (including phenoxy) is 8. The number of aliphatic hydroxyl groups is 5. The van der Waals surface area contributed by atoms with Gasteiger partial charge in [-0.2, -0.15) is 0 Å². The van der Waals surface area contributed by atoms with Gasteiger partial charge in [-0.25, -0.2) is 4.79 Å². The summed E-state index contributed by atoms with van der Waals surface area (Å²) in [5, 5.41) is 57.7. The minimum Gasteiger partial charge on any atom is -0.492 e. The molecule has 0 radical (unpaired) electrons. The number of carbonyl (C=O) groups excluding carboxylic acids is 3. The van der Waals surface area contributed by atoms with Crippen molar-refractivity contribution in [2.24, 2.45) is 0 Å². The molecule has 18 heteroatoms. The first-order valence-electron chi connectivity index (χ1n) is 18.3. The highest BCUT2D eigenvalue weighted by Gasteiger charge is 2.48. The third-order valence-corrected chi connectivity index (χ3v) is 8.93. The zero-order chi connectivity index (χ0) is 39.6. The summed E-state index contributed by atoms with van der Waals surface area (Å²) >= 11 is 0. The van der Waals surface area contributed by atoms with Crippen molar-refractivity contribution >= 4 is 17.8 Å². The molecule has 54 heavy (non-hydrogen) atoms. The van der Waals surface area contributed by atoms with Crippen molar-refractivity contribution < 1.29 is 77.8 Å². The van der Waals surface area contributed by atoms with Crippen LogP contribution in [0.4, 0.5) is 0 Å². The Morgan fingerprint density at radius 3 is 2.17 bits per heavy atom. The predicted molar refractivity (Wildman–Crippen MR) is 188 cm³/mol. The van der Waals surface area contributed by atoms with E-state index in [0.29, 0.717) is 12.2 Å². The molecule has 308 valence electrons. The largest absolute Gasteiger partial charge is 0.492 e. The maximum absolute atomic E-state index is 12.6. The van der Waals surface area contributed by atoms with Crippen LogP contribution in [-0.2, 0) is 54.0 Å². The minimum atomic E-state index is -1.63. The number of amides is 2. The second-order valence-electron chi connectivity index (χ2n) is 13.1. The molecule has 2 aliphatic rings. The van der Waals surface area contributed by atoms with Crippen LogP contribution in [-0.4, -0.2) is 165 Å². The van der Waals surface area contributed by atoms with Crippen LogP contribution in [0.3, 0.4) is 0 Å². The van der Waals surface area contributed by atoms with Crippen LogP contribution in [0.15, 0.2) is 24.3 Å². The molecule has 2 heterocycles. The summed E-state index contributed by atoms with van der Waals surface area (Å²) in [6.07, 6.45) is -9.45. The van der Waals surface area contributed by atoms with Gasteiger partial charge in [-0.1, -0.05) is 38.3 Å². The van der Waals surface area contributed by atoms with Gasteiger partial charge in [-0.3, -0.25) is 9.59 Å². The fourth-order valence-corrected chi connectivity index (χ4v) is 5.93. The highest BCUT2D eigenvalue weighted by molar-refractivity contribution is 5.84. The molecule has 3 rings (SSSR count). The number of esters is 1. The number of nitrogens with one attached hydrogen (secondary N) is 2. The Balaban J connectivity index is 1.43. The minimum absolute atomic E-state index is 0.0922. The molecule has 0 aliphatic carbocycles. The van der Waals surface area contributed by atoms with E-state index in [2.05, 4.69) is 17.6 Å². The van der Waals surface area contributed by atoms with Gasteiger partial charge in [-0.15, -0.1) is 0 Å². The molecular weight excluding hydrogens is 716 g/mol. The Morgan fingerprint density at radius 1 is 0.796 bits per heavy atom. The van der Waals surface area contributed by atoms with Gasteiger partial charge >= 0.3 is 5.97 Å². The normalized spacial score (nSPS) is 28.9. The van der Waals surface area contributed by atoms with Crippen molar-refractivity contribution in [3.8, 4) is 5.75 Å². The summed E-state index contributed by atoms with van der Waals surface area (Å²) in [5.41, 5.74) is 0.786. The Bertz CT molecular complexity index is 1260. The lowest BCUT2D eigenvalue weighted by Crippen LogP contribution is -2.62. The Morgan fingerprint density at radius 2 is 1.50 bits per heavy atom.